The third-order valence-corrected chi connectivity index (χ3v) is 8.18. The summed E-state index contributed by atoms with van der Waals surface area (Å²) in [7, 11) is 0. The van der Waals surface area contributed by atoms with Gasteiger partial charge in [0.05, 0.1) is 30.2 Å². The van der Waals surface area contributed by atoms with Crippen molar-refractivity contribution in [3.8, 4) is 5.95 Å². The van der Waals surface area contributed by atoms with E-state index in [1.165, 1.54) is 36.3 Å². The van der Waals surface area contributed by atoms with Crippen LogP contribution < -0.4 is 10.6 Å². The first-order valence-electron chi connectivity index (χ1n) is 12.8. The summed E-state index contributed by atoms with van der Waals surface area (Å²) in [4.78, 5) is 37.2. The number of aliphatic hydroxyl groups is 2. The third-order valence-electron chi connectivity index (χ3n) is 8.18. The van der Waals surface area contributed by atoms with Gasteiger partial charge in [0, 0.05) is 18.7 Å². The number of aromatic nitrogens is 6. The molecule has 0 unspecified atom stereocenters. The van der Waals surface area contributed by atoms with E-state index in [9.17, 15) is 24.9 Å². The fraction of sp³-hybridized carbons (Fsp3) is 0.583. The van der Waals surface area contributed by atoms with Crippen LogP contribution in [-0.2, 0) is 4.79 Å². The molecule has 3 aromatic heterocycles. The number of nitrogens with one attached hydrogen (secondary N) is 2. The molecule has 3 heterocycles. The smallest absolute Gasteiger partial charge is 0.338 e. The van der Waals surface area contributed by atoms with E-state index in [1.54, 1.807) is 17.8 Å². The number of carboxylic acid groups (broad SMARTS) is 1. The normalized spacial score (nSPS) is 30.7. The maximum atomic E-state index is 11.9. The molecule has 7 atom stereocenters. The number of carbonyl (C=O) groups excluding carboxylic acids is 1. The molecule has 3 aromatic rings. The number of fused-ring (bicyclic) bond motifs is 3. The molecule has 37 heavy (non-hydrogen) atoms. The van der Waals surface area contributed by atoms with Crippen LogP contribution in [-0.4, -0.2) is 80.8 Å². The molecule has 0 radical (unpaired) electrons. The minimum Gasteiger partial charge on any atom is -0.478 e. The number of aromatic carboxylic acids is 1. The summed E-state index contributed by atoms with van der Waals surface area (Å²) < 4.78 is 3.00. The standard InChI is InChI=1S/C24H30N8O5/c1-2-17(33)27-15-7-16(20(35)19(15)34)31-10-25-18-21(28-14-6-11-3-4-12(14)5-11)29-24(30-22(18)31)32-9-13(8-26-32)23(36)37/h8-12,14-16,19-20,34-35H,2-7H2,1H3,(H,27,33)(H,36,37)(H,28,29,30)/t11-,12+,14-,15-,16+,19+,20-/m0/s1. The van der Waals surface area contributed by atoms with Crippen molar-refractivity contribution in [1.82, 2.24) is 34.6 Å². The zero-order valence-electron chi connectivity index (χ0n) is 20.4. The molecular weight excluding hydrogens is 480 g/mol. The highest BCUT2D eigenvalue weighted by Gasteiger charge is 2.44. The van der Waals surface area contributed by atoms with Gasteiger partial charge in [-0.15, -0.1) is 0 Å². The second-order valence-electron chi connectivity index (χ2n) is 10.4. The number of amides is 1. The number of imidazole rings is 1. The topological polar surface area (TPSA) is 180 Å². The monoisotopic (exact) mass is 510 g/mol. The van der Waals surface area contributed by atoms with Crippen LogP contribution in [0.1, 0.15) is 61.8 Å². The Labute approximate surface area is 211 Å². The fourth-order valence-electron chi connectivity index (χ4n) is 6.23. The molecule has 3 fully saturated rings. The molecule has 3 aliphatic rings. The van der Waals surface area contributed by atoms with Crippen molar-refractivity contribution in [1.29, 1.82) is 0 Å². The number of anilines is 1. The highest BCUT2D eigenvalue weighted by molar-refractivity contribution is 5.87. The van der Waals surface area contributed by atoms with Crippen LogP contribution in [0.25, 0.3) is 17.1 Å². The Bertz CT molecular complexity index is 1350. The number of carboxylic acids is 1. The Hall–Kier alpha value is -3.58. The van der Waals surface area contributed by atoms with Crippen LogP contribution in [0.3, 0.4) is 0 Å². The summed E-state index contributed by atoms with van der Waals surface area (Å²) in [5, 5.41) is 41.3. The third kappa shape index (κ3) is 4.11. The van der Waals surface area contributed by atoms with E-state index < -0.39 is 30.3 Å². The molecule has 13 nitrogen and oxygen atoms in total. The lowest BCUT2D eigenvalue weighted by Crippen LogP contribution is -2.42. The average Bonchev–Trinajstić information content (AvgIpc) is 3.70. The maximum absolute atomic E-state index is 11.9. The van der Waals surface area contributed by atoms with E-state index >= 15 is 0 Å². The second kappa shape index (κ2) is 9.06. The second-order valence-corrected chi connectivity index (χ2v) is 10.4. The molecule has 13 heteroatoms. The van der Waals surface area contributed by atoms with Gasteiger partial charge in [-0.3, -0.25) is 4.79 Å². The summed E-state index contributed by atoms with van der Waals surface area (Å²) in [6.07, 6.45) is 7.09. The number of rotatable bonds is 7. The number of hydrogen-bond donors (Lipinski definition) is 5. The lowest BCUT2D eigenvalue weighted by Gasteiger charge is -2.24. The molecule has 5 N–H and O–H groups in total. The fourth-order valence-corrected chi connectivity index (χ4v) is 6.23. The Morgan fingerprint density at radius 3 is 2.62 bits per heavy atom. The van der Waals surface area contributed by atoms with Crippen LogP contribution in [0, 0.1) is 11.8 Å². The van der Waals surface area contributed by atoms with Crippen LogP contribution >= 0.6 is 0 Å². The quantitative estimate of drug-likeness (QED) is 0.306. The summed E-state index contributed by atoms with van der Waals surface area (Å²) in [5.41, 5.74) is 0.935. The van der Waals surface area contributed by atoms with E-state index in [-0.39, 0.29) is 29.9 Å². The van der Waals surface area contributed by atoms with Crippen LogP contribution in [0.15, 0.2) is 18.7 Å². The summed E-state index contributed by atoms with van der Waals surface area (Å²) in [5.74, 6) is 0.650. The number of carbonyl (C=O) groups is 2. The molecule has 196 valence electrons. The van der Waals surface area contributed by atoms with Gasteiger partial charge in [0.25, 0.3) is 5.95 Å². The number of hydrogen-bond acceptors (Lipinski definition) is 9. The van der Waals surface area contributed by atoms with Crippen molar-refractivity contribution in [2.24, 2.45) is 11.8 Å². The average molecular weight is 511 g/mol. The van der Waals surface area contributed by atoms with Crippen molar-refractivity contribution >= 4 is 28.9 Å². The molecular formula is C24H30N8O5. The Morgan fingerprint density at radius 1 is 1.11 bits per heavy atom. The highest BCUT2D eigenvalue weighted by Crippen LogP contribution is 2.46. The number of nitrogens with zero attached hydrogens (tertiary/aromatic N) is 6. The predicted octanol–water partition coefficient (Wildman–Crippen LogP) is 0.872. The molecule has 0 saturated heterocycles. The summed E-state index contributed by atoms with van der Waals surface area (Å²) in [6.45, 7) is 1.72. The Kier molecular flexibility index (Phi) is 5.83. The van der Waals surface area contributed by atoms with Crippen LogP contribution in [0.5, 0.6) is 0 Å². The minimum absolute atomic E-state index is 0.00339. The van der Waals surface area contributed by atoms with Crippen molar-refractivity contribution < 1.29 is 24.9 Å². The SMILES string of the molecule is CCC(=O)N[C@H]1C[C@@H](n2cnc3c(N[C@H]4C[C@H]5CC[C@@H]4C5)nc(-n4cc(C(=O)O)cn4)nc32)[C@H](O)[C@@H]1O. The van der Waals surface area contributed by atoms with Gasteiger partial charge in [0.15, 0.2) is 17.0 Å². The Balaban J connectivity index is 1.40. The van der Waals surface area contributed by atoms with Gasteiger partial charge in [-0.05, 0) is 37.5 Å². The van der Waals surface area contributed by atoms with Crippen LogP contribution in [0.2, 0.25) is 0 Å². The largest absolute Gasteiger partial charge is 0.478 e. The summed E-state index contributed by atoms with van der Waals surface area (Å²) >= 11 is 0. The van der Waals surface area contributed by atoms with Gasteiger partial charge < -0.3 is 30.5 Å². The first kappa shape index (κ1) is 23.8. The minimum atomic E-state index is -1.15. The molecule has 3 aliphatic carbocycles. The van der Waals surface area contributed by atoms with E-state index in [0.717, 1.165) is 6.42 Å². The van der Waals surface area contributed by atoms with E-state index in [0.29, 0.717) is 35.2 Å². The zero-order valence-corrected chi connectivity index (χ0v) is 20.4. The summed E-state index contributed by atoms with van der Waals surface area (Å²) in [6, 6.07) is -0.941. The molecule has 2 bridgehead atoms. The maximum Gasteiger partial charge on any atom is 0.338 e. The van der Waals surface area contributed by atoms with E-state index in [1.807, 2.05) is 0 Å². The first-order chi connectivity index (χ1) is 17.8. The molecule has 0 aromatic carbocycles. The molecule has 1 amide bonds. The van der Waals surface area contributed by atoms with Crippen molar-refractivity contribution in [2.75, 3.05) is 5.32 Å². The van der Waals surface area contributed by atoms with Gasteiger partial charge in [-0.1, -0.05) is 13.3 Å². The molecule has 3 saturated carbocycles. The van der Waals surface area contributed by atoms with E-state index in [2.05, 4.69) is 30.7 Å². The van der Waals surface area contributed by atoms with Gasteiger partial charge in [0.2, 0.25) is 5.91 Å². The predicted molar refractivity (Wildman–Crippen MR) is 130 cm³/mol. The zero-order chi connectivity index (χ0) is 25.8. The molecule has 0 spiro atoms. The lowest BCUT2D eigenvalue weighted by molar-refractivity contribution is -0.122. The molecule has 6 rings (SSSR count). The van der Waals surface area contributed by atoms with Crippen molar-refractivity contribution in [3.63, 3.8) is 0 Å². The van der Waals surface area contributed by atoms with Crippen molar-refractivity contribution in [2.45, 2.75) is 75.8 Å². The van der Waals surface area contributed by atoms with Gasteiger partial charge in [-0.25, -0.2) is 14.5 Å². The van der Waals surface area contributed by atoms with Gasteiger partial charge >= 0.3 is 5.97 Å². The highest BCUT2D eigenvalue weighted by atomic mass is 16.4. The molecule has 0 aliphatic heterocycles. The van der Waals surface area contributed by atoms with Gasteiger partial charge in [0.1, 0.15) is 12.2 Å². The van der Waals surface area contributed by atoms with Crippen LogP contribution in [0.4, 0.5) is 5.82 Å². The number of aliphatic hydroxyl groups excluding tert-OH is 2. The van der Waals surface area contributed by atoms with Crippen molar-refractivity contribution in [3.05, 3.63) is 24.3 Å². The Morgan fingerprint density at radius 2 is 1.95 bits per heavy atom. The lowest BCUT2D eigenvalue weighted by atomic mass is 9.95. The first-order valence-corrected chi connectivity index (χ1v) is 12.8. The van der Waals surface area contributed by atoms with E-state index in [4.69, 9.17) is 0 Å². The van der Waals surface area contributed by atoms with Gasteiger partial charge in [-0.2, -0.15) is 15.1 Å².